The number of nitrogen functional groups attached to an aromatic ring is 1. The lowest BCUT2D eigenvalue weighted by atomic mass is 10.0. The maximum Gasteiger partial charge on any atom is 0.152 e. The van der Waals surface area contributed by atoms with Crippen molar-refractivity contribution in [3.05, 3.63) is 66.8 Å². The molecule has 0 amide bonds. The largest absolute Gasteiger partial charge is 0.495 e. The van der Waals surface area contributed by atoms with Gasteiger partial charge in [-0.05, 0) is 48.6 Å². The summed E-state index contributed by atoms with van der Waals surface area (Å²) in [5.74, 6) is 1.72. The second-order valence-corrected chi connectivity index (χ2v) is 9.06. The summed E-state index contributed by atoms with van der Waals surface area (Å²) in [6.45, 7) is 11.9. The van der Waals surface area contributed by atoms with E-state index in [9.17, 15) is 0 Å². The highest BCUT2D eigenvalue weighted by molar-refractivity contribution is 7.22. The zero-order valence-electron chi connectivity index (χ0n) is 17.8. The Hall–Kier alpha value is -3.32. The van der Waals surface area contributed by atoms with Crippen molar-refractivity contribution in [2.75, 3.05) is 25.9 Å². The molecular formula is C24H25N5OS. The Kier molecular flexibility index (Phi) is 4.70. The zero-order valence-corrected chi connectivity index (χ0v) is 18.6. The monoisotopic (exact) mass is 431 g/mol. The molecule has 6 nitrogen and oxygen atoms in total. The van der Waals surface area contributed by atoms with E-state index >= 15 is 0 Å². The van der Waals surface area contributed by atoms with E-state index in [0.717, 1.165) is 57.3 Å². The molecule has 1 aliphatic heterocycles. The number of ether oxygens (including phenoxy) is 1. The van der Waals surface area contributed by atoms with Crippen molar-refractivity contribution in [2.24, 2.45) is 0 Å². The van der Waals surface area contributed by atoms with E-state index in [2.05, 4.69) is 59.3 Å². The van der Waals surface area contributed by atoms with Crippen LogP contribution in [0.25, 0.3) is 26.0 Å². The predicted molar refractivity (Wildman–Crippen MR) is 128 cm³/mol. The van der Waals surface area contributed by atoms with Gasteiger partial charge in [0, 0.05) is 40.8 Å². The van der Waals surface area contributed by atoms with Gasteiger partial charge in [-0.15, -0.1) is 11.3 Å². The smallest absolute Gasteiger partial charge is 0.152 e. The number of rotatable bonds is 5. The summed E-state index contributed by atoms with van der Waals surface area (Å²) in [6, 6.07) is 8.70. The topological polar surface area (TPSA) is 68.7 Å². The molecule has 1 fully saturated rings. The molecule has 158 valence electrons. The molecule has 4 aromatic rings. The summed E-state index contributed by atoms with van der Waals surface area (Å²) in [4.78, 5) is 7.69. The number of nitrogens with two attached hydrogens (primary N) is 1. The number of aromatic nitrogens is 3. The van der Waals surface area contributed by atoms with Crippen molar-refractivity contribution in [1.29, 1.82) is 0 Å². The van der Waals surface area contributed by atoms with E-state index in [4.69, 9.17) is 10.5 Å². The van der Waals surface area contributed by atoms with Crippen LogP contribution >= 0.6 is 11.3 Å². The molecule has 31 heavy (non-hydrogen) atoms. The number of fused-ring (bicyclic) bond motifs is 2. The molecule has 1 atom stereocenters. The number of anilines is 1. The first kappa shape index (κ1) is 19.6. The first-order valence-corrected chi connectivity index (χ1v) is 11.1. The Morgan fingerprint density at radius 3 is 2.94 bits per heavy atom. The normalized spacial score (nSPS) is 16.3. The minimum absolute atomic E-state index is 0.332. The highest BCUT2D eigenvalue weighted by atomic mass is 32.1. The fourth-order valence-corrected chi connectivity index (χ4v) is 5.66. The fourth-order valence-electron chi connectivity index (χ4n) is 4.51. The molecular weight excluding hydrogens is 406 g/mol. The maximum atomic E-state index is 6.35. The maximum absolute atomic E-state index is 6.35. The quantitative estimate of drug-likeness (QED) is 0.451. The minimum Gasteiger partial charge on any atom is -0.495 e. The van der Waals surface area contributed by atoms with Crippen molar-refractivity contribution in [3.8, 4) is 16.2 Å². The summed E-state index contributed by atoms with van der Waals surface area (Å²) in [6.07, 6.45) is 4.38. The van der Waals surface area contributed by atoms with Crippen LogP contribution in [0.5, 0.6) is 5.75 Å². The molecule has 7 heteroatoms. The molecule has 0 spiro atoms. The van der Waals surface area contributed by atoms with E-state index in [1.165, 1.54) is 17.3 Å². The van der Waals surface area contributed by atoms with Gasteiger partial charge in [0.2, 0.25) is 0 Å². The van der Waals surface area contributed by atoms with Crippen LogP contribution in [0.15, 0.2) is 55.5 Å². The molecule has 3 aromatic heterocycles. The molecule has 0 unspecified atom stereocenters. The number of hydrogen-bond acceptors (Lipinski definition) is 6. The van der Waals surface area contributed by atoms with Gasteiger partial charge < -0.3 is 15.4 Å². The van der Waals surface area contributed by atoms with E-state index in [0.29, 0.717) is 11.7 Å². The lowest BCUT2D eigenvalue weighted by Crippen LogP contribution is -2.18. The Balaban J connectivity index is 1.66. The Morgan fingerprint density at radius 1 is 1.32 bits per heavy atom. The van der Waals surface area contributed by atoms with Crippen molar-refractivity contribution >= 4 is 32.8 Å². The standard InChI is InChI=1S/C24H25N5OS/c1-5-15(3)28-7-6-16(12-28)19-11-18(22-24(25)26-13-27-29(19)22)21-10-17-8-14(2)9-20(30-4)23(17)31-21/h5,8-11,13,16H,1,3,6-7,12H2,2,4H3,(H2,25,26,27)/t16-/m1/s1. The zero-order chi connectivity index (χ0) is 21.7. The van der Waals surface area contributed by atoms with E-state index < -0.39 is 0 Å². The highest BCUT2D eigenvalue weighted by Crippen LogP contribution is 2.43. The number of hydrogen-bond donors (Lipinski definition) is 1. The molecule has 0 bridgehead atoms. The average molecular weight is 432 g/mol. The van der Waals surface area contributed by atoms with Crippen molar-refractivity contribution in [2.45, 2.75) is 19.3 Å². The van der Waals surface area contributed by atoms with Crippen LogP contribution in [-0.2, 0) is 0 Å². The second kappa shape index (κ2) is 7.42. The highest BCUT2D eigenvalue weighted by Gasteiger charge is 2.29. The third-order valence-electron chi connectivity index (χ3n) is 6.07. The van der Waals surface area contributed by atoms with Crippen molar-refractivity contribution < 1.29 is 4.74 Å². The van der Waals surface area contributed by atoms with Crippen LogP contribution in [0, 0.1) is 6.92 Å². The van der Waals surface area contributed by atoms with Crippen LogP contribution in [-0.4, -0.2) is 39.7 Å². The summed E-state index contributed by atoms with van der Waals surface area (Å²) < 4.78 is 8.73. The third-order valence-corrected chi connectivity index (χ3v) is 7.27. The van der Waals surface area contributed by atoms with Gasteiger partial charge in [0.1, 0.15) is 17.6 Å². The predicted octanol–water partition coefficient (Wildman–Crippen LogP) is 5.00. The number of methoxy groups -OCH3 is 1. The first-order valence-electron chi connectivity index (χ1n) is 10.3. The molecule has 0 saturated carbocycles. The van der Waals surface area contributed by atoms with Crippen molar-refractivity contribution in [3.63, 3.8) is 0 Å². The van der Waals surface area contributed by atoms with Gasteiger partial charge in [-0.1, -0.05) is 19.2 Å². The number of aryl methyl sites for hydroxylation is 1. The van der Waals surface area contributed by atoms with Crippen LogP contribution in [0.4, 0.5) is 5.82 Å². The van der Waals surface area contributed by atoms with Gasteiger partial charge in [-0.3, -0.25) is 0 Å². The molecule has 4 heterocycles. The van der Waals surface area contributed by atoms with Gasteiger partial charge in [0.25, 0.3) is 0 Å². The third kappa shape index (κ3) is 3.16. The SMILES string of the molecule is C=CC(=C)N1CC[C@@H](c2cc(-c3cc4cc(C)cc(OC)c4s3)c3c(N)ncnn23)C1. The summed E-state index contributed by atoms with van der Waals surface area (Å²) in [5.41, 5.74) is 11.6. The van der Waals surface area contributed by atoms with Crippen LogP contribution in [0.3, 0.4) is 0 Å². The first-order chi connectivity index (χ1) is 15.0. The minimum atomic E-state index is 0.332. The molecule has 1 saturated heterocycles. The van der Waals surface area contributed by atoms with Gasteiger partial charge >= 0.3 is 0 Å². The number of benzene rings is 1. The lowest BCUT2D eigenvalue weighted by Gasteiger charge is -2.18. The fraction of sp³-hybridized carbons (Fsp3) is 0.250. The van der Waals surface area contributed by atoms with Gasteiger partial charge in [-0.2, -0.15) is 5.10 Å². The number of thiophene rings is 1. The van der Waals surface area contributed by atoms with Gasteiger partial charge in [0.05, 0.1) is 11.8 Å². The number of likely N-dealkylation sites (tertiary alicyclic amines) is 1. The number of allylic oxidation sites excluding steroid dienone is 1. The number of nitrogens with zero attached hydrogens (tertiary/aromatic N) is 4. The molecule has 0 radical (unpaired) electrons. The second-order valence-electron chi connectivity index (χ2n) is 8.01. The van der Waals surface area contributed by atoms with Crippen LogP contribution in [0.1, 0.15) is 23.6 Å². The summed E-state index contributed by atoms with van der Waals surface area (Å²) in [5, 5.41) is 5.74. The molecule has 5 rings (SSSR count). The Bertz CT molecular complexity index is 1330. The molecule has 1 aromatic carbocycles. The van der Waals surface area contributed by atoms with Crippen LogP contribution < -0.4 is 10.5 Å². The van der Waals surface area contributed by atoms with E-state index in [1.54, 1.807) is 18.4 Å². The molecule has 1 aliphatic rings. The lowest BCUT2D eigenvalue weighted by molar-refractivity contribution is 0.420. The summed E-state index contributed by atoms with van der Waals surface area (Å²) in [7, 11) is 1.72. The average Bonchev–Trinajstić information content (AvgIpc) is 3.48. The van der Waals surface area contributed by atoms with Crippen molar-refractivity contribution in [1.82, 2.24) is 19.5 Å². The van der Waals surface area contributed by atoms with Gasteiger partial charge in [0.15, 0.2) is 5.82 Å². The molecule has 0 aliphatic carbocycles. The van der Waals surface area contributed by atoms with Gasteiger partial charge in [-0.25, -0.2) is 9.50 Å². The Labute approximate surface area is 185 Å². The van der Waals surface area contributed by atoms with E-state index in [1.807, 2.05) is 10.6 Å². The van der Waals surface area contributed by atoms with Crippen LogP contribution in [0.2, 0.25) is 0 Å². The Morgan fingerprint density at radius 2 is 2.16 bits per heavy atom. The molecule has 2 N–H and O–H groups in total. The van der Waals surface area contributed by atoms with E-state index in [-0.39, 0.29) is 0 Å². The summed E-state index contributed by atoms with van der Waals surface area (Å²) >= 11 is 1.71.